The molecule has 1 aliphatic carbocycles. The number of nitrogens with zero attached hydrogens (tertiary/aromatic N) is 1. The zero-order valence-corrected chi connectivity index (χ0v) is 16.2. The Kier molecular flexibility index (Phi) is 5.93. The van der Waals surface area contributed by atoms with Gasteiger partial charge in [-0.2, -0.15) is 4.31 Å². The minimum Gasteiger partial charge on any atom is -0.353 e. The maximum absolute atomic E-state index is 12.9. The van der Waals surface area contributed by atoms with E-state index < -0.39 is 10.0 Å². The molecule has 5 nitrogen and oxygen atoms in total. The van der Waals surface area contributed by atoms with Gasteiger partial charge in [0.25, 0.3) is 0 Å². The van der Waals surface area contributed by atoms with Crippen molar-refractivity contribution in [3.63, 3.8) is 0 Å². The van der Waals surface area contributed by atoms with E-state index in [9.17, 15) is 13.2 Å². The van der Waals surface area contributed by atoms with Gasteiger partial charge in [0.1, 0.15) is 4.90 Å². The molecule has 1 heterocycles. The van der Waals surface area contributed by atoms with Crippen LogP contribution in [0.5, 0.6) is 0 Å². The lowest BCUT2D eigenvalue weighted by Gasteiger charge is -2.32. The molecule has 25 heavy (non-hydrogen) atoms. The molecular weight excluding hydrogens is 383 g/mol. The summed E-state index contributed by atoms with van der Waals surface area (Å²) in [5.74, 6) is -0.355. The topological polar surface area (TPSA) is 66.5 Å². The number of amides is 1. The van der Waals surface area contributed by atoms with Gasteiger partial charge < -0.3 is 5.32 Å². The highest BCUT2D eigenvalue weighted by Gasteiger charge is 2.35. The Morgan fingerprint density at radius 2 is 1.84 bits per heavy atom. The highest BCUT2D eigenvalue weighted by molar-refractivity contribution is 7.89. The Morgan fingerprint density at radius 3 is 2.56 bits per heavy atom. The van der Waals surface area contributed by atoms with Gasteiger partial charge in [0, 0.05) is 24.2 Å². The lowest BCUT2D eigenvalue weighted by molar-refractivity contribution is -0.126. The molecule has 0 bridgehead atoms. The smallest absolute Gasteiger partial charge is 0.244 e. The first-order chi connectivity index (χ1) is 11.9. The summed E-state index contributed by atoms with van der Waals surface area (Å²) >= 11 is 12.0. The van der Waals surface area contributed by atoms with Crippen LogP contribution in [0.25, 0.3) is 0 Å². The molecule has 2 aliphatic rings. The van der Waals surface area contributed by atoms with Crippen LogP contribution < -0.4 is 5.32 Å². The summed E-state index contributed by atoms with van der Waals surface area (Å²) in [7, 11) is -3.77. The molecule has 1 aliphatic heterocycles. The molecule has 8 heteroatoms. The van der Waals surface area contributed by atoms with E-state index in [0.29, 0.717) is 24.4 Å². The summed E-state index contributed by atoms with van der Waals surface area (Å²) in [6.07, 6.45) is 5.66. The first-order valence-corrected chi connectivity index (χ1v) is 10.8. The minimum atomic E-state index is -3.77. The second-order valence-corrected chi connectivity index (χ2v) is 9.52. The summed E-state index contributed by atoms with van der Waals surface area (Å²) in [6.45, 7) is 0.572. The summed E-state index contributed by atoms with van der Waals surface area (Å²) < 4.78 is 27.2. The van der Waals surface area contributed by atoms with Gasteiger partial charge >= 0.3 is 0 Å². The van der Waals surface area contributed by atoms with Crippen LogP contribution in [-0.4, -0.2) is 37.8 Å². The van der Waals surface area contributed by atoms with Gasteiger partial charge in [-0.05, 0) is 43.9 Å². The number of nitrogens with one attached hydrogen (secondary N) is 1. The summed E-state index contributed by atoms with van der Waals surface area (Å²) in [6, 6.07) is 4.63. The average molecular weight is 405 g/mol. The van der Waals surface area contributed by atoms with Crippen molar-refractivity contribution in [2.24, 2.45) is 5.92 Å². The third-order valence-corrected chi connectivity index (χ3v) is 7.55. The van der Waals surface area contributed by atoms with Gasteiger partial charge in [-0.15, -0.1) is 0 Å². The van der Waals surface area contributed by atoms with E-state index in [0.717, 1.165) is 25.7 Å². The zero-order valence-electron chi connectivity index (χ0n) is 13.9. The molecule has 1 N–H and O–H groups in total. The second-order valence-electron chi connectivity index (χ2n) is 6.77. The van der Waals surface area contributed by atoms with Gasteiger partial charge in [-0.25, -0.2) is 8.42 Å². The van der Waals surface area contributed by atoms with E-state index in [2.05, 4.69) is 5.32 Å². The fourth-order valence-corrected chi connectivity index (χ4v) is 5.84. The number of sulfonamides is 1. The van der Waals surface area contributed by atoms with Crippen LogP contribution in [0, 0.1) is 5.92 Å². The van der Waals surface area contributed by atoms with Crippen molar-refractivity contribution in [1.82, 2.24) is 9.62 Å². The van der Waals surface area contributed by atoms with E-state index in [-0.39, 0.29) is 34.3 Å². The standard InChI is InChI=1S/C17H22Cl2N2O3S/c18-13-7-8-15(19)16(10-13)25(23,24)21-9-3-4-12(11-21)17(22)20-14-5-1-2-6-14/h7-8,10,12,14H,1-6,9,11H2,(H,20,22)/t12-/m0/s1. The lowest BCUT2D eigenvalue weighted by atomic mass is 9.98. The molecule has 1 atom stereocenters. The number of piperidine rings is 1. The number of halogens is 2. The number of rotatable bonds is 4. The van der Waals surface area contributed by atoms with Gasteiger partial charge in [-0.1, -0.05) is 36.0 Å². The molecule has 0 spiro atoms. The van der Waals surface area contributed by atoms with E-state index in [1.54, 1.807) is 6.07 Å². The highest BCUT2D eigenvalue weighted by Crippen LogP contribution is 2.30. The van der Waals surface area contributed by atoms with Crippen molar-refractivity contribution >= 4 is 39.1 Å². The van der Waals surface area contributed by atoms with Gasteiger partial charge in [0.15, 0.2) is 0 Å². The third-order valence-electron chi connectivity index (χ3n) is 4.97. The number of hydrogen-bond acceptors (Lipinski definition) is 3. The third kappa shape index (κ3) is 4.30. The summed E-state index contributed by atoms with van der Waals surface area (Å²) in [4.78, 5) is 12.5. The Balaban J connectivity index is 1.73. The van der Waals surface area contributed by atoms with E-state index in [1.165, 1.54) is 16.4 Å². The van der Waals surface area contributed by atoms with Crippen LogP contribution in [0.4, 0.5) is 0 Å². The monoisotopic (exact) mass is 404 g/mol. The molecule has 1 saturated carbocycles. The Bertz CT molecular complexity index is 748. The van der Waals surface area contributed by atoms with E-state index >= 15 is 0 Å². The lowest BCUT2D eigenvalue weighted by Crippen LogP contribution is -2.47. The number of carbonyl (C=O) groups is 1. The van der Waals surface area contributed by atoms with E-state index in [1.807, 2.05) is 0 Å². The maximum Gasteiger partial charge on any atom is 0.244 e. The van der Waals surface area contributed by atoms with Crippen molar-refractivity contribution in [2.75, 3.05) is 13.1 Å². The van der Waals surface area contributed by atoms with Crippen LogP contribution >= 0.6 is 23.2 Å². The molecule has 0 aromatic heterocycles. The van der Waals surface area contributed by atoms with Crippen molar-refractivity contribution in [3.8, 4) is 0 Å². The molecular formula is C17H22Cl2N2O3S. The SMILES string of the molecule is O=C(NC1CCCC1)[C@H]1CCCN(S(=O)(=O)c2cc(Cl)ccc2Cl)C1. The fourth-order valence-electron chi connectivity index (χ4n) is 3.58. The molecule has 1 saturated heterocycles. The van der Waals surface area contributed by atoms with Crippen molar-refractivity contribution in [3.05, 3.63) is 28.2 Å². The molecule has 0 unspecified atom stereocenters. The maximum atomic E-state index is 12.9. The van der Waals surface area contributed by atoms with Gasteiger partial charge in [-0.3, -0.25) is 4.79 Å². The molecule has 2 fully saturated rings. The molecule has 138 valence electrons. The molecule has 0 radical (unpaired) electrons. The van der Waals surface area contributed by atoms with Crippen molar-refractivity contribution < 1.29 is 13.2 Å². The predicted molar refractivity (Wildman–Crippen MR) is 98.3 cm³/mol. The fraction of sp³-hybridized carbons (Fsp3) is 0.588. The molecule has 1 amide bonds. The molecule has 1 aromatic rings. The largest absolute Gasteiger partial charge is 0.353 e. The highest BCUT2D eigenvalue weighted by atomic mass is 35.5. The van der Waals surface area contributed by atoms with E-state index in [4.69, 9.17) is 23.2 Å². The van der Waals surface area contributed by atoms with Crippen LogP contribution in [0.15, 0.2) is 23.1 Å². The first kappa shape index (κ1) is 19.0. The van der Waals surface area contributed by atoms with Crippen LogP contribution in [-0.2, 0) is 14.8 Å². The number of hydrogen-bond donors (Lipinski definition) is 1. The minimum absolute atomic E-state index is 0.00137. The van der Waals surface area contributed by atoms with Crippen LogP contribution in [0.1, 0.15) is 38.5 Å². The Labute approximate surface area is 158 Å². The average Bonchev–Trinajstić information content (AvgIpc) is 3.10. The number of carbonyl (C=O) groups excluding carboxylic acids is 1. The van der Waals surface area contributed by atoms with Gasteiger partial charge in [0.05, 0.1) is 10.9 Å². The molecule has 3 rings (SSSR count). The van der Waals surface area contributed by atoms with Crippen LogP contribution in [0.3, 0.4) is 0 Å². The first-order valence-electron chi connectivity index (χ1n) is 8.63. The Hall–Kier alpha value is -0.820. The quantitative estimate of drug-likeness (QED) is 0.835. The summed E-state index contributed by atoms with van der Waals surface area (Å²) in [5.41, 5.74) is 0. The second kappa shape index (κ2) is 7.82. The normalized spacial score (nSPS) is 22.9. The van der Waals surface area contributed by atoms with Gasteiger partial charge in [0.2, 0.25) is 15.9 Å². The predicted octanol–water partition coefficient (Wildman–Crippen LogP) is 3.45. The Morgan fingerprint density at radius 1 is 1.12 bits per heavy atom. The zero-order chi connectivity index (χ0) is 18.0. The van der Waals surface area contributed by atoms with Crippen molar-refractivity contribution in [2.45, 2.75) is 49.5 Å². The van der Waals surface area contributed by atoms with Crippen molar-refractivity contribution in [1.29, 1.82) is 0 Å². The summed E-state index contributed by atoms with van der Waals surface area (Å²) in [5, 5.41) is 3.53. The van der Waals surface area contributed by atoms with Crippen LogP contribution in [0.2, 0.25) is 10.0 Å². The number of benzene rings is 1. The molecule has 1 aromatic carbocycles.